The van der Waals surface area contributed by atoms with E-state index in [1.54, 1.807) is 16.8 Å². The molecule has 3 rings (SSSR count). The predicted octanol–water partition coefficient (Wildman–Crippen LogP) is 1.51. The lowest BCUT2D eigenvalue weighted by atomic mass is 9.74. The van der Waals surface area contributed by atoms with Crippen molar-refractivity contribution in [3.63, 3.8) is 0 Å². The molecule has 1 unspecified atom stereocenters. The number of carbonyl (C=O) groups excluding carboxylic acids is 2. The molecule has 2 aliphatic rings. The van der Waals surface area contributed by atoms with E-state index in [-0.39, 0.29) is 24.3 Å². The van der Waals surface area contributed by atoms with E-state index in [0.717, 1.165) is 0 Å². The highest BCUT2D eigenvalue weighted by Gasteiger charge is 2.56. The Balaban J connectivity index is 1.94. The Morgan fingerprint density at radius 3 is 2.31 bits per heavy atom. The van der Waals surface area contributed by atoms with Crippen LogP contribution in [0, 0.1) is 5.92 Å². The van der Waals surface area contributed by atoms with E-state index in [1.807, 2.05) is 0 Å². The Bertz CT molecular complexity index is 723. The van der Waals surface area contributed by atoms with Gasteiger partial charge in [-0.05, 0) is 37.7 Å². The summed E-state index contributed by atoms with van der Waals surface area (Å²) in [6.45, 7) is 0.710. The SMILES string of the molecule is NC(=O)c1ccn2c1C(C1CCC(O)(C(F)(F)F)CC1)N(C(N)=O)CC2. The van der Waals surface area contributed by atoms with Gasteiger partial charge in [-0.15, -0.1) is 0 Å². The molecule has 26 heavy (non-hydrogen) atoms. The third-order valence-corrected chi connectivity index (χ3v) is 5.58. The number of fused-ring (bicyclic) bond motifs is 1. The van der Waals surface area contributed by atoms with Crippen molar-refractivity contribution in [2.24, 2.45) is 17.4 Å². The number of primary amides is 2. The lowest BCUT2D eigenvalue weighted by molar-refractivity contribution is -0.272. The number of aromatic nitrogens is 1. The number of aliphatic hydroxyl groups is 1. The fraction of sp³-hybridized carbons (Fsp3) is 0.625. The molecular formula is C16H21F3N4O3. The second kappa shape index (κ2) is 6.19. The molecule has 0 spiro atoms. The summed E-state index contributed by atoms with van der Waals surface area (Å²) in [6.07, 6.45) is -3.85. The van der Waals surface area contributed by atoms with Gasteiger partial charge in [0.2, 0.25) is 0 Å². The van der Waals surface area contributed by atoms with E-state index in [9.17, 15) is 27.9 Å². The number of urea groups is 1. The van der Waals surface area contributed by atoms with Crippen LogP contribution in [0.1, 0.15) is 47.8 Å². The van der Waals surface area contributed by atoms with Crippen LogP contribution in [0.25, 0.3) is 0 Å². The molecule has 1 fully saturated rings. The molecule has 1 aliphatic heterocycles. The molecule has 1 aromatic rings. The molecule has 0 saturated heterocycles. The minimum absolute atomic E-state index is 0.0494. The smallest absolute Gasteiger partial charge is 0.380 e. The molecule has 10 heteroatoms. The standard InChI is InChI=1S/C16H21F3N4O3/c17-16(18,19)15(26)4-1-9(2-5-15)11-12-10(13(20)24)3-6-22(12)7-8-23(11)14(21)25/h3,6,9,11,26H,1-2,4-5,7-8H2,(H2,20,24)(H2,21,25). The van der Waals surface area contributed by atoms with Crippen LogP contribution in [0.15, 0.2) is 12.3 Å². The van der Waals surface area contributed by atoms with E-state index in [4.69, 9.17) is 11.5 Å². The van der Waals surface area contributed by atoms with Crippen molar-refractivity contribution in [3.05, 3.63) is 23.5 Å². The largest absolute Gasteiger partial charge is 0.417 e. The Labute approximate surface area is 147 Å². The summed E-state index contributed by atoms with van der Waals surface area (Å²) < 4.78 is 41.0. The van der Waals surface area contributed by atoms with Gasteiger partial charge in [-0.1, -0.05) is 0 Å². The molecule has 0 aromatic carbocycles. The number of carbonyl (C=O) groups is 2. The molecule has 7 nitrogen and oxygen atoms in total. The topological polar surface area (TPSA) is 115 Å². The van der Waals surface area contributed by atoms with Crippen molar-refractivity contribution < 1.29 is 27.9 Å². The molecular weight excluding hydrogens is 353 g/mol. The van der Waals surface area contributed by atoms with Gasteiger partial charge in [-0.3, -0.25) is 4.79 Å². The number of halogens is 3. The maximum absolute atomic E-state index is 13.1. The molecule has 1 aliphatic carbocycles. The molecule has 0 radical (unpaired) electrons. The van der Waals surface area contributed by atoms with Crippen molar-refractivity contribution in [3.8, 4) is 0 Å². The molecule has 1 aromatic heterocycles. The lowest BCUT2D eigenvalue weighted by Crippen LogP contribution is -2.52. The second-order valence-electron chi connectivity index (χ2n) is 7.02. The zero-order valence-corrected chi connectivity index (χ0v) is 14.0. The number of alkyl halides is 3. The zero-order valence-electron chi connectivity index (χ0n) is 14.0. The van der Waals surface area contributed by atoms with Gasteiger partial charge in [0.1, 0.15) is 0 Å². The predicted molar refractivity (Wildman–Crippen MR) is 84.9 cm³/mol. The number of nitrogens with zero attached hydrogens (tertiary/aromatic N) is 2. The lowest BCUT2D eigenvalue weighted by Gasteiger charge is -2.45. The van der Waals surface area contributed by atoms with Gasteiger partial charge in [0.05, 0.1) is 17.3 Å². The second-order valence-corrected chi connectivity index (χ2v) is 7.02. The number of amides is 3. The summed E-state index contributed by atoms with van der Waals surface area (Å²) in [5, 5.41) is 9.89. The van der Waals surface area contributed by atoms with Gasteiger partial charge in [-0.2, -0.15) is 13.2 Å². The summed E-state index contributed by atoms with van der Waals surface area (Å²) in [7, 11) is 0. The monoisotopic (exact) mass is 374 g/mol. The van der Waals surface area contributed by atoms with Crippen LogP contribution in [0.3, 0.4) is 0 Å². The van der Waals surface area contributed by atoms with Crippen LogP contribution in [0.5, 0.6) is 0 Å². The van der Waals surface area contributed by atoms with Crippen LogP contribution in [-0.2, 0) is 6.54 Å². The first-order valence-electron chi connectivity index (χ1n) is 8.39. The third kappa shape index (κ3) is 2.91. The van der Waals surface area contributed by atoms with Gasteiger partial charge < -0.3 is 26.0 Å². The first kappa shape index (κ1) is 18.6. The molecule has 0 bridgehead atoms. The minimum atomic E-state index is -4.70. The number of nitrogens with two attached hydrogens (primary N) is 2. The van der Waals surface area contributed by atoms with Crippen molar-refractivity contribution in [1.82, 2.24) is 9.47 Å². The summed E-state index contributed by atoms with van der Waals surface area (Å²) in [5.41, 5.74) is 8.91. The Morgan fingerprint density at radius 2 is 1.81 bits per heavy atom. The molecule has 144 valence electrons. The van der Waals surface area contributed by atoms with E-state index in [2.05, 4.69) is 0 Å². The fourth-order valence-corrected chi connectivity index (χ4v) is 4.16. The highest BCUT2D eigenvalue weighted by atomic mass is 19.4. The van der Waals surface area contributed by atoms with Crippen molar-refractivity contribution >= 4 is 11.9 Å². The average molecular weight is 374 g/mol. The summed E-state index contributed by atoms with van der Waals surface area (Å²) in [4.78, 5) is 25.0. The van der Waals surface area contributed by atoms with Gasteiger partial charge in [0, 0.05) is 19.3 Å². The molecule has 1 atom stereocenters. The van der Waals surface area contributed by atoms with Crippen molar-refractivity contribution in [2.45, 2.75) is 50.0 Å². The number of hydrogen-bond acceptors (Lipinski definition) is 3. The molecule has 5 N–H and O–H groups in total. The van der Waals surface area contributed by atoms with Gasteiger partial charge in [0.15, 0.2) is 5.60 Å². The Kier molecular flexibility index (Phi) is 4.41. The normalized spacial score (nSPS) is 29.3. The van der Waals surface area contributed by atoms with Crippen LogP contribution in [0.2, 0.25) is 0 Å². The highest BCUT2D eigenvalue weighted by molar-refractivity contribution is 5.94. The summed E-state index contributed by atoms with van der Waals surface area (Å²) in [6, 6.07) is 0.204. The van der Waals surface area contributed by atoms with Gasteiger partial charge >= 0.3 is 12.2 Å². The Hall–Kier alpha value is -2.23. The number of hydrogen-bond donors (Lipinski definition) is 3. The average Bonchev–Trinajstić information content (AvgIpc) is 2.98. The van der Waals surface area contributed by atoms with E-state index < -0.39 is 42.6 Å². The van der Waals surface area contributed by atoms with Crippen molar-refractivity contribution in [1.29, 1.82) is 0 Å². The number of rotatable bonds is 2. The van der Waals surface area contributed by atoms with Crippen LogP contribution >= 0.6 is 0 Å². The molecule has 1 saturated carbocycles. The van der Waals surface area contributed by atoms with E-state index in [0.29, 0.717) is 18.8 Å². The van der Waals surface area contributed by atoms with Crippen LogP contribution in [0.4, 0.5) is 18.0 Å². The summed E-state index contributed by atoms with van der Waals surface area (Å²) in [5.74, 6) is -1.03. The van der Waals surface area contributed by atoms with Gasteiger partial charge in [-0.25, -0.2) is 4.79 Å². The quantitative estimate of drug-likeness (QED) is 0.729. The summed E-state index contributed by atoms with van der Waals surface area (Å²) >= 11 is 0. The Morgan fingerprint density at radius 1 is 1.19 bits per heavy atom. The first-order chi connectivity index (χ1) is 12.0. The van der Waals surface area contributed by atoms with Crippen LogP contribution in [-0.4, -0.2) is 44.8 Å². The zero-order chi connectivity index (χ0) is 19.3. The van der Waals surface area contributed by atoms with Gasteiger partial charge in [0.25, 0.3) is 5.91 Å². The third-order valence-electron chi connectivity index (χ3n) is 5.58. The minimum Gasteiger partial charge on any atom is -0.380 e. The van der Waals surface area contributed by atoms with E-state index in [1.165, 1.54) is 4.90 Å². The van der Waals surface area contributed by atoms with E-state index >= 15 is 0 Å². The fourth-order valence-electron chi connectivity index (χ4n) is 4.16. The first-order valence-corrected chi connectivity index (χ1v) is 8.39. The maximum atomic E-state index is 13.1. The maximum Gasteiger partial charge on any atom is 0.417 e. The highest BCUT2D eigenvalue weighted by Crippen LogP contribution is 2.48. The molecule has 3 amide bonds. The van der Waals surface area contributed by atoms with Crippen LogP contribution < -0.4 is 11.5 Å². The molecule has 2 heterocycles. The van der Waals surface area contributed by atoms with Crippen molar-refractivity contribution in [2.75, 3.05) is 6.54 Å².